The second-order valence-electron chi connectivity index (χ2n) is 10.9. The molecule has 2 saturated heterocycles. The Morgan fingerprint density at radius 2 is 1.69 bits per heavy atom. The second-order valence-corrected chi connectivity index (χ2v) is 10.9. The van der Waals surface area contributed by atoms with Crippen molar-refractivity contribution in [3.63, 3.8) is 0 Å². The van der Waals surface area contributed by atoms with Gasteiger partial charge in [0.15, 0.2) is 0 Å². The highest BCUT2D eigenvalue weighted by molar-refractivity contribution is 6.45. The minimum Gasteiger partial charge on any atom is -0.444 e. The van der Waals surface area contributed by atoms with Gasteiger partial charge in [0.25, 0.3) is 0 Å². The molecule has 2 heterocycles. The van der Waals surface area contributed by atoms with Crippen molar-refractivity contribution < 1.29 is 23.6 Å². The predicted molar refractivity (Wildman–Crippen MR) is 114 cm³/mol. The number of carbonyl (C=O) groups is 2. The summed E-state index contributed by atoms with van der Waals surface area (Å²) in [6, 6.07) is 0. The van der Waals surface area contributed by atoms with Crippen molar-refractivity contribution in [1.29, 1.82) is 0 Å². The van der Waals surface area contributed by atoms with Gasteiger partial charge in [0.1, 0.15) is 5.60 Å². The third kappa shape index (κ3) is 6.35. The van der Waals surface area contributed by atoms with Gasteiger partial charge in [-0.15, -0.1) is 0 Å². The number of hydrogen-bond donors (Lipinski definition) is 1. The molecule has 0 radical (unpaired) electrons. The van der Waals surface area contributed by atoms with Crippen molar-refractivity contribution in [2.75, 3.05) is 13.1 Å². The summed E-state index contributed by atoms with van der Waals surface area (Å²) in [6.07, 6.45) is 2.04. The molecule has 2 atom stereocenters. The third-order valence-corrected chi connectivity index (χ3v) is 6.00. The molecule has 2 aliphatic rings. The number of piperidine rings is 1. The first kappa shape index (κ1) is 24.0. The number of rotatable bonds is 4. The Hall–Kier alpha value is -1.28. The first-order valence-electron chi connectivity index (χ1n) is 10.6. The Morgan fingerprint density at radius 1 is 1.14 bits per heavy atom. The molecule has 0 aromatic rings. The van der Waals surface area contributed by atoms with Gasteiger partial charge in [-0.2, -0.15) is 0 Å². The topological polar surface area (TPSA) is 77.1 Å². The summed E-state index contributed by atoms with van der Waals surface area (Å²) in [5.74, 6) is 0.121. The lowest BCUT2D eigenvalue weighted by Gasteiger charge is -2.45. The van der Waals surface area contributed by atoms with E-state index in [0.29, 0.717) is 13.1 Å². The molecule has 0 aromatic carbocycles. The zero-order valence-electron chi connectivity index (χ0n) is 19.7. The van der Waals surface area contributed by atoms with E-state index < -0.39 is 11.1 Å². The molecular weight excluding hydrogens is 371 g/mol. The summed E-state index contributed by atoms with van der Waals surface area (Å²) >= 11 is 0. The lowest BCUT2D eigenvalue weighted by Crippen LogP contribution is -2.60. The number of carbonyl (C=O) groups excluding carboxylic acids is 2. The molecule has 0 unspecified atom stereocenters. The van der Waals surface area contributed by atoms with E-state index in [1.807, 2.05) is 55.4 Å². The van der Waals surface area contributed by atoms with Crippen molar-refractivity contribution >= 4 is 19.1 Å². The fraction of sp³-hybridized carbons (Fsp3) is 0.905. The van der Waals surface area contributed by atoms with Crippen molar-refractivity contribution in [1.82, 2.24) is 10.2 Å². The van der Waals surface area contributed by atoms with Gasteiger partial charge in [0, 0.05) is 20.0 Å². The molecule has 8 heteroatoms. The van der Waals surface area contributed by atoms with E-state index in [1.54, 1.807) is 4.90 Å². The van der Waals surface area contributed by atoms with Crippen molar-refractivity contribution in [3.05, 3.63) is 0 Å². The molecule has 2 amide bonds. The van der Waals surface area contributed by atoms with E-state index in [1.165, 1.54) is 6.92 Å². The largest absolute Gasteiger partial charge is 0.457 e. The van der Waals surface area contributed by atoms with Gasteiger partial charge in [0.2, 0.25) is 5.91 Å². The monoisotopic (exact) mass is 410 g/mol. The summed E-state index contributed by atoms with van der Waals surface area (Å²) in [7, 11) is -0.260. The van der Waals surface area contributed by atoms with Gasteiger partial charge in [0.05, 0.1) is 16.7 Å². The molecule has 7 nitrogen and oxygen atoms in total. The Labute approximate surface area is 176 Å². The average molecular weight is 410 g/mol. The van der Waals surface area contributed by atoms with E-state index >= 15 is 0 Å². The van der Waals surface area contributed by atoms with Gasteiger partial charge in [-0.3, -0.25) is 4.79 Å². The quantitative estimate of drug-likeness (QED) is 0.717. The zero-order valence-corrected chi connectivity index (χ0v) is 19.7. The maximum atomic E-state index is 12.7. The molecule has 0 bridgehead atoms. The third-order valence-electron chi connectivity index (χ3n) is 6.00. The smallest absolute Gasteiger partial charge is 0.444 e. The summed E-state index contributed by atoms with van der Waals surface area (Å²) in [6.45, 7) is 18.3. The fourth-order valence-electron chi connectivity index (χ4n) is 4.19. The van der Waals surface area contributed by atoms with Crippen LogP contribution in [0.2, 0.25) is 6.32 Å². The van der Waals surface area contributed by atoms with Gasteiger partial charge in [-0.05, 0) is 74.0 Å². The normalized spacial score (nSPS) is 28.9. The molecule has 0 saturated carbocycles. The summed E-state index contributed by atoms with van der Waals surface area (Å²) < 4.78 is 17.8. The van der Waals surface area contributed by atoms with Crippen LogP contribution in [0.25, 0.3) is 0 Å². The Morgan fingerprint density at radius 3 is 2.17 bits per heavy atom. The Bertz CT molecular complexity index is 615. The summed E-state index contributed by atoms with van der Waals surface area (Å²) in [5, 5.41) is 3.04. The molecule has 2 aliphatic heterocycles. The lowest BCUT2D eigenvalue weighted by atomic mass is 9.75. The van der Waals surface area contributed by atoms with Crippen LogP contribution in [-0.2, 0) is 18.8 Å². The minimum atomic E-state index is -0.558. The van der Waals surface area contributed by atoms with Crippen LogP contribution < -0.4 is 5.32 Å². The van der Waals surface area contributed by atoms with Crippen molar-refractivity contribution in [3.8, 4) is 0 Å². The number of ether oxygens (including phenoxy) is 1. The van der Waals surface area contributed by atoms with Crippen LogP contribution in [0.5, 0.6) is 0 Å². The molecule has 0 aliphatic carbocycles. The van der Waals surface area contributed by atoms with Crippen LogP contribution in [0.15, 0.2) is 0 Å². The van der Waals surface area contributed by atoms with E-state index in [4.69, 9.17) is 14.0 Å². The van der Waals surface area contributed by atoms with E-state index in [0.717, 1.165) is 19.2 Å². The number of hydrogen-bond acceptors (Lipinski definition) is 5. The number of likely N-dealkylation sites (tertiary alicyclic amines) is 1. The maximum absolute atomic E-state index is 12.7. The Kier molecular flexibility index (Phi) is 6.70. The van der Waals surface area contributed by atoms with Crippen LogP contribution in [0.3, 0.4) is 0 Å². The highest BCUT2D eigenvalue weighted by atomic mass is 16.7. The molecule has 1 N–H and O–H groups in total. The molecule has 0 aromatic heterocycles. The first-order valence-corrected chi connectivity index (χ1v) is 10.6. The van der Waals surface area contributed by atoms with Crippen LogP contribution in [0.1, 0.15) is 75.2 Å². The minimum absolute atomic E-state index is 0.0942. The molecule has 2 fully saturated rings. The van der Waals surface area contributed by atoms with Gasteiger partial charge in [-0.25, -0.2) is 4.79 Å². The second kappa shape index (κ2) is 8.10. The van der Waals surface area contributed by atoms with Crippen molar-refractivity contribution in [2.45, 2.75) is 104 Å². The number of nitrogens with zero attached hydrogens (tertiary/aromatic N) is 1. The van der Waals surface area contributed by atoms with Gasteiger partial charge >= 0.3 is 13.2 Å². The van der Waals surface area contributed by atoms with Crippen molar-refractivity contribution in [2.24, 2.45) is 5.92 Å². The van der Waals surface area contributed by atoms with Gasteiger partial charge in [-0.1, -0.05) is 6.42 Å². The highest BCUT2D eigenvalue weighted by Gasteiger charge is 2.51. The van der Waals surface area contributed by atoms with Gasteiger partial charge < -0.3 is 24.3 Å². The Balaban J connectivity index is 2.05. The fourth-order valence-corrected chi connectivity index (χ4v) is 4.19. The number of nitrogens with one attached hydrogen (secondary N) is 1. The van der Waals surface area contributed by atoms with E-state index in [2.05, 4.69) is 5.32 Å². The summed E-state index contributed by atoms with van der Waals surface area (Å²) in [5.41, 5.74) is -1.74. The van der Waals surface area contributed by atoms with E-state index in [-0.39, 0.29) is 36.2 Å². The van der Waals surface area contributed by atoms with Crippen LogP contribution in [0, 0.1) is 5.92 Å². The van der Waals surface area contributed by atoms with Crippen LogP contribution in [-0.4, -0.2) is 59.5 Å². The molecular formula is C21H39BN2O5. The van der Waals surface area contributed by atoms with E-state index in [9.17, 15) is 9.59 Å². The molecule has 2 rings (SSSR count). The van der Waals surface area contributed by atoms with Crippen LogP contribution in [0.4, 0.5) is 4.79 Å². The standard InChI is InChI=1S/C21H39BN2O5/c1-15(25)23-21(9)12-16(13-24(14-21)17(26)27-18(2,3)4)10-11-22-28-19(5,6)20(7,8)29-22/h16H,10-14H2,1-9H3,(H,23,25)/t16-,21+/m0/s1. The molecule has 0 spiro atoms. The average Bonchev–Trinajstić information content (AvgIpc) is 2.69. The SMILES string of the molecule is CC(=O)N[C@]1(C)C[C@H](CCB2OC(C)(C)C(C)(C)O2)CN(C(=O)OC(C)(C)C)C1. The van der Waals surface area contributed by atoms with Crippen LogP contribution >= 0.6 is 0 Å². The highest BCUT2D eigenvalue weighted by Crippen LogP contribution is 2.39. The first-order chi connectivity index (χ1) is 13.0. The summed E-state index contributed by atoms with van der Waals surface area (Å²) in [4.78, 5) is 26.2. The molecule has 166 valence electrons. The molecule has 29 heavy (non-hydrogen) atoms. The number of amides is 2. The predicted octanol–water partition coefficient (Wildman–Crippen LogP) is 3.62. The lowest BCUT2D eigenvalue weighted by molar-refractivity contribution is -0.121. The maximum Gasteiger partial charge on any atom is 0.457 e. The zero-order chi connectivity index (χ0) is 22.3.